The van der Waals surface area contributed by atoms with Crippen LogP contribution in [0.5, 0.6) is 0 Å². The minimum Gasteiger partial charge on any atom is -0.342 e. The van der Waals surface area contributed by atoms with Crippen LogP contribution in [0.3, 0.4) is 0 Å². The maximum atomic E-state index is 12.0. The van der Waals surface area contributed by atoms with Crippen LogP contribution < -0.4 is 5.32 Å². The van der Waals surface area contributed by atoms with Crippen LogP contribution in [0.1, 0.15) is 52.9 Å². The van der Waals surface area contributed by atoms with Crippen LogP contribution in [0.2, 0.25) is 0 Å². The highest BCUT2D eigenvalue weighted by molar-refractivity contribution is 7.09. The van der Waals surface area contributed by atoms with E-state index >= 15 is 0 Å². The Morgan fingerprint density at radius 3 is 3.11 bits per heavy atom. The van der Waals surface area contributed by atoms with E-state index in [0.717, 1.165) is 10.7 Å². The molecule has 1 amide bonds. The molecule has 0 spiro atoms. The Morgan fingerprint density at radius 2 is 2.44 bits per heavy atom. The minimum atomic E-state index is -0.152. The number of carbonyl (C=O) groups is 1. The van der Waals surface area contributed by atoms with Gasteiger partial charge in [0.15, 0.2) is 0 Å². The highest BCUT2D eigenvalue weighted by Crippen LogP contribution is 2.38. The van der Waals surface area contributed by atoms with Crippen molar-refractivity contribution in [1.29, 1.82) is 0 Å². The standard InChI is InChI=1S/C12H14N4OS/c1-7(12-13-4-5-18-12)14-11(17)10-6-9(15-16-10)8-2-3-8/h4-8H,2-3H2,1H3,(H,14,17)(H,15,16)/t7-/m0/s1. The summed E-state index contributed by atoms with van der Waals surface area (Å²) in [5.41, 5.74) is 1.53. The SMILES string of the molecule is C[C@H](NC(=O)c1cc(C2CC2)[nH]n1)c1nccs1. The third-order valence-electron chi connectivity index (χ3n) is 3.02. The number of aromatic nitrogens is 3. The molecule has 18 heavy (non-hydrogen) atoms. The van der Waals surface area contributed by atoms with E-state index in [9.17, 15) is 4.79 Å². The number of nitrogens with one attached hydrogen (secondary N) is 2. The number of H-pyrrole nitrogens is 1. The molecule has 0 aliphatic heterocycles. The summed E-state index contributed by atoms with van der Waals surface area (Å²) in [6.45, 7) is 1.92. The van der Waals surface area contributed by atoms with E-state index in [1.54, 1.807) is 6.20 Å². The maximum absolute atomic E-state index is 12.0. The third kappa shape index (κ3) is 2.28. The van der Waals surface area contributed by atoms with Crippen molar-refractivity contribution in [2.45, 2.75) is 31.7 Å². The number of hydrogen-bond donors (Lipinski definition) is 2. The van der Waals surface area contributed by atoms with Gasteiger partial charge >= 0.3 is 0 Å². The Balaban J connectivity index is 1.66. The normalized spacial score (nSPS) is 16.5. The predicted molar refractivity (Wildman–Crippen MR) is 68.6 cm³/mol. The number of thiazole rings is 1. The lowest BCUT2D eigenvalue weighted by atomic mass is 10.2. The molecule has 0 bridgehead atoms. The quantitative estimate of drug-likeness (QED) is 0.887. The molecular formula is C12H14N4OS. The van der Waals surface area contributed by atoms with Gasteiger partial charge in [-0.2, -0.15) is 5.10 Å². The lowest BCUT2D eigenvalue weighted by Crippen LogP contribution is -2.26. The van der Waals surface area contributed by atoms with Gasteiger partial charge in [0.2, 0.25) is 0 Å². The Kier molecular flexibility index (Phi) is 2.87. The van der Waals surface area contributed by atoms with Crippen LogP contribution >= 0.6 is 11.3 Å². The smallest absolute Gasteiger partial charge is 0.272 e. The molecular weight excluding hydrogens is 248 g/mol. The third-order valence-corrected chi connectivity index (χ3v) is 3.98. The van der Waals surface area contributed by atoms with Crippen molar-refractivity contribution in [3.8, 4) is 0 Å². The fourth-order valence-corrected chi connectivity index (χ4v) is 2.48. The van der Waals surface area contributed by atoms with Gasteiger partial charge in [-0.1, -0.05) is 0 Å². The van der Waals surface area contributed by atoms with Crippen molar-refractivity contribution >= 4 is 17.2 Å². The first-order valence-corrected chi connectivity index (χ1v) is 6.87. The second kappa shape index (κ2) is 4.53. The van der Waals surface area contributed by atoms with Gasteiger partial charge in [-0.05, 0) is 25.8 Å². The Morgan fingerprint density at radius 1 is 1.61 bits per heavy atom. The van der Waals surface area contributed by atoms with Crippen molar-refractivity contribution < 1.29 is 4.79 Å². The molecule has 1 atom stereocenters. The van der Waals surface area contributed by atoms with Crippen LogP contribution in [0.4, 0.5) is 0 Å². The van der Waals surface area contributed by atoms with Gasteiger partial charge in [-0.3, -0.25) is 9.89 Å². The van der Waals surface area contributed by atoms with Crippen LogP contribution in [-0.2, 0) is 0 Å². The molecule has 0 aromatic carbocycles. The fraction of sp³-hybridized carbons (Fsp3) is 0.417. The average Bonchev–Trinajstić information content (AvgIpc) is 2.91. The number of nitrogens with zero attached hydrogens (tertiary/aromatic N) is 2. The maximum Gasteiger partial charge on any atom is 0.272 e. The zero-order valence-corrected chi connectivity index (χ0v) is 10.8. The average molecular weight is 262 g/mol. The second-order valence-electron chi connectivity index (χ2n) is 4.55. The Labute approximate surface area is 109 Å². The molecule has 2 N–H and O–H groups in total. The molecule has 1 saturated carbocycles. The summed E-state index contributed by atoms with van der Waals surface area (Å²) in [7, 11) is 0. The van der Waals surface area contributed by atoms with E-state index in [-0.39, 0.29) is 11.9 Å². The van der Waals surface area contributed by atoms with Gasteiger partial charge in [0.05, 0.1) is 6.04 Å². The molecule has 5 nitrogen and oxygen atoms in total. The highest BCUT2D eigenvalue weighted by atomic mass is 32.1. The van der Waals surface area contributed by atoms with Crippen molar-refractivity contribution in [2.75, 3.05) is 0 Å². The number of amides is 1. The van der Waals surface area contributed by atoms with E-state index in [1.165, 1.54) is 24.2 Å². The number of hydrogen-bond acceptors (Lipinski definition) is 4. The monoisotopic (exact) mass is 262 g/mol. The minimum absolute atomic E-state index is 0.0847. The van der Waals surface area contributed by atoms with Gasteiger partial charge in [-0.15, -0.1) is 11.3 Å². The molecule has 2 heterocycles. The molecule has 0 unspecified atom stereocenters. The molecule has 1 aliphatic rings. The van der Waals surface area contributed by atoms with Crippen LogP contribution in [0.15, 0.2) is 17.6 Å². The summed E-state index contributed by atoms with van der Waals surface area (Å²) in [5, 5.41) is 12.7. The van der Waals surface area contributed by atoms with Crippen molar-refractivity contribution in [3.05, 3.63) is 34.0 Å². The number of aromatic amines is 1. The zero-order chi connectivity index (χ0) is 12.5. The molecule has 1 aliphatic carbocycles. The first-order valence-electron chi connectivity index (χ1n) is 5.99. The summed E-state index contributed by atoms with van der Waals surface area (Å²) < 4.78 is 0. The summed E-state index contributed by atoms with van der Waals surface area (Å²) >= 11 is 1.53. The lowest BCUT2D eigenvalue weighted by molar-refractivity contribution is 0.0934. The number of rotatable bonds is 4. The van der Waals surface area contributed by atoms with Gasteiger partial charge in [-0.25, -0.2) is 4.98 Å². The van der Waals surface area contributed by atoms with E-state index in [4.69, 9.17) is 0 Å². The molecule has 0 radical (unpaired) electrons. The number of carbonyl (C=O) groups excluding carboxylic acids is 1. The molecule has 2 aromatic heterocycles. The van der Waals surface area contributed by atoms with Crippen LogP contribution in [0, 0.1) is 0 Å². The van der Waals surface area contributed by atoms with E-state index in [1.807, 2.05) is 18.4 Å². The molecule has 0 saturated heterocycles. The summed E-state index contributed by atoms with van der Waals surface area (Å²) in [6.07, 6.45) is 4.12. The molecule has 3 rings (SSSR count). The summed E-state index contributed by atoms with van der Waals surface area (Å²) in [4.78, 5) is 16.2. The summed E-state index contributed by atoms with van der Waals surface area (Å²) in [6, 6.07) is 1.76. The van der Waals surface area contributed by atoms with Crippen molar-refractivity contribution in [2.24, 2.45) is 0 Å². The lowest BCUT2D eigenvalue weighted by Gasteiger charge is -2.09. The van der Waals surface area contributed by atoms with E-state index < -0.39 is 0 Å². The topological polar surface area (TPSA) is 70.7 Å². The predicted octanol–water partition coefficient (Wildman–Crippen LogP) is 2.23. The second-order valence-corrected chi connectivity index (χ2v) is 5.47. The summed E-state index contributed by atoms with van der Waals surface area (Å²) in [5.74, 6) is 0.427. The fourth-order valence-electron chi connectivity index (χ4n) is 1.84. The van der Waals surface area contributed by atoms with Gasteiger partial charge in [0.1, 0.15) is 10.7 Å². The van der Waals surface area contributed by atoms with Crippen molar-refractivity contribution in [3.63, 3.8) is 0 Å². The Hall–Kier alpha value is -1.69. The van der Waals surface area contributed by atoms with Crippen LogP contribution in [-0.4, -0.2) is 21.1 Å². The Bertz CT molecular complexity index is 544. The van der Waals surface area contributed by atoms with Gasteiger partial charge in [0, 0.05) is 23.2 Å². The van der Waals surface area contributed by atoms with E-state index in [0.29, 0.717) is 11.6 Å². The molecule has 1 fully saturated rings. The van der Waals surface area contributed by atoms with Crippen molar-refractivity contribution in [1.82, 2.24) is 20.5 Å². The first kappa shape index (κ1) is 11.4. The molecule has 6 heteroatoms. The van der Waals surface area contributed by atoms with Crippen LogP contribution in [0.25, 0.3) is 0 Å². The molecule has 2 aromatic rings. The first-order chi connectivity index (χ1) is 8.74. The highest BCUT2D eigenvalue weighted by Gasteiger charge is 2.26. The largest absolute Gasteiger partial charge is 0.342 e. The van der Waals surface area contributed by atoms with Gasteiger partial charge < -0.3 is 5.32 Å². The van der Waals surface area contributed by atoms with Gasteiger partial charge in [0.25, 0.3) is 5.91 Å². The molecule has 94 valence electrons. The zero-order valence-electron chi connectivity index (χ0n) is 10.0. The van der Waals surface area contributed by atoms with E-state index in [2.05, 4.69) is 20.5 Å².